The average Bonchev–Trinajstić information content (AvgIpc) is 2.29. The highest BCUT2D eigenvalue weighted by Crippen LogP contribution is 2.35. The summed E-state index contributed by atoms with van der Waals surface area (Å²) in [6.45, 7) is 0. The maximum absolute atomic E-state index is 6.09. The van der Waals surface area contributed by atoms with E-state index in [1.54, 1.807) is 7.11 Å². The van der Waals surface area contributed by atoms with Crippen molar-refractivity contribution in [1.82, 2.24) is 0 Å². The van der Waals surface area contributed by atoms with Crippen molar-refractivity contribution in [2.75, 3.05) is 7.11 Å². The molecule has 2 nitrogen and oxygen atoms in total. The van der Waals surface area contributed by atoms with Crippen LogP contribution in [0.15, 0.2) is 30.3 Å². The Hall–Kier alpha value is -1.54. The number of hydrogen-bond donors (Lipinski definition) is 1. The van der Waals surface area contributed by atoms with Crippen molar-refractivity contribution >= 4 is 10.8 Å². The van der Waals surface area contributed by atoms with Crippen LogP contribution in [0.25, 0.3) is 10.8 Å². The van der Waals surface area contributed by atoms with E-state index >= 15 is 0 Å². The molecule has 2 aromatic rings. The summed E-state index contributed by atoms with van der Waals surface area (Å²) in [5.41, 5.74) is 8.72. The predicted molar refractivity (Wildman–Crippen MR) is 65.9 cm³/mol. The van der Waals surface area contributed by atoms with Crippen molar-refractivity contribution in [2.24, 2.45) is 5.73 Å². The summed E-state index contributed by atoms with van der Waals surface area (Å²) in [5.74, 6) is 0.968. The molecule has 2 aromatic carbocycles. The summed E-state index contributed by atoms with van der Waals surface area (Å²) in [5, 5.41) is 2.64. The number of hydrogen-bond acceptors (Lipinski definition) is 2. The van der Waals surface area contributed by atoms with Gasteiger partial charge in [0.05, 0.1) is 7.11 Å². The summed E-state index contributed by atoms with van der Waals surface area (Å²) < 4.78 is 5.43. The highest BCUT2D eigenvalue weighted by atomic mass is 16.5. The van der Waals surface area contributed by atoms with Crippen molar-refractivity contribution in [3.8, 4) is 5.75 Å². The van der Waals surface area contributed by atoms with Gasteiger partial charge in [-0.2, -0.15) is 0 Å². The van der Waals surface area contributed by atoms with Crippen LogP contribution in [0.2, 0.25) is 0 Å². The fourth-order valence-corrected chi connectivity index (χ4v) is 2.70. The van der Waals surface area contributed by atoms with Gasteiger partial charge in [0, 0.05) is 11.6 Å². The average molecular weight is 213 g/mol. The summed E-state index contributed by atoms with van der Waals surface area (Å²) in [6, 6.07) is 10.8. The summed E-state index contributed by atoms with van der Waals surface area (Å²) in [7, 11) is 1.72. The molecule has 0 saturated carbocycles. The molecule has 0 aliphatic heterocycles. The minimum Gasteiger partial charge on any atom is -0.496 e. The van der Waals surface area contributed by atoms with Gasteiger partial charge in [0.1, 0.15) is 5.75 Å². The molecule has 1 unspecified atom stereocenters. The summed E-state index contributed by atoms with van der Waals surface area (Å²) in [6.07, 6.45) is 1.88. The van der Waals surface area contributed by atoms with Gasteiger partial charge in [-0.05, 0) is 35.2 Å². The molecule has 0 aromatic heterocycles. The zero-order chi connectivity index (χ0) is 11.1. The third kappa shape index (κ3) is 1.30. The van der Waals surface area contributed by atoms with E-state index in [1.165, 1.54) is 21.9 Å². The Bertz CT molecular complexity index is 548. The first-order chi connectivity index (χ1) is 7.79. The topological polar surface area (TPSA) is 35.2 Å². The molecule has 3 rings (SSSR count). The van der Waals surface area contributed by atoms with Gasteiger partial charge in [-0.15, -0.1) is 0 Å². The first kappa shape index (κ1) is 9.67. The lowest BCUT2D eigenvalue weighted by Gasteiger charge is -2.24. The third-order valence-corrected chi connectivity index (χ3v) is 3.36. The van der Waals surface area contributed by atoms with Crippen molar-refractivity contribution in [3.05, 3.63) is 41.5 Å². The van der Waals surface area contributed by atoms with Crippen molar-refractivity contribution < 1.29 is 4.74 Å². The van der Waals surface area contributed by atoms with Gasteiger partial charge in [0.25, 0.3) is 0 Å². The first-order valence-electron chi connectivity index (χ1n) is 5.62. The first-order valence-corrected chi connectivity index (χ1v) is 5.62. The van der Waals surface area contributed by atoms with Crippen molar-refractivity contribution in [1.29, 1.82) is 0 Å². The van der Waals surface area contributed by atoms with Crippen LogP contribution < -0.4 is 10.5 Å². The predicted octanol–water partition coefficient (Wildman–Crippen LogP) is 2.27. The molecule has 1 aliphatic rings. The second-order valence-electron chi connectivity index (χ2n) is 4.43. The second kappa shape index (κ2) is 3.49. The SMILES string of the molecule is COc1ccc2cccc3c2c1CC(N)C3. The number of ether oxygens (including phenoxy) is 1. The maximum Gasteiger partial charge on any atom is 0.122 e. The molecule has 0 bridgehead atoms. The molecular formula is C14H15NO. The largest absolute Gasteiger partial charge is 0.496 e. The van der Waals surface area contributed by atoms with E-state index in [1.807, 2.05) is 6.07 Å². The van der Waals surface area contributed by atoms with Gasteiger partial charge in [-0.3, -0.25) is 0 Å². The van der Waals surface area contributed by atoms with Crippen molar-refractivity contribution in [3.63, 3.8) is 0 Å². The molecule has 0 heterocycles. The highest BCUT2D eigenvalue weighted by molar-refractivity contribution is 5.91. The van der Waals surface area contributed by atoms with Crippen LogP contribution in [-0.4, -0.2) is 13.2 Å². The van der Waals surface area contributed by atoms with E-state index < -0.39 is 0 Å². The van der Waals surface area contributed by atoms with Crippen LogP contribution in [-0.2, 0) is 12.8 Å². The number of rotatable bonds is 1. The van der Waals surface area contributed by atoms with Crippen LogP contribution >= 0.6 is 0 Å². The molecular weight excluding hydrogens is 198 g/mol. The molecule has 0 radical (unpaired) electrons. The molecule has 1 aliphatic carbocycles. The standard InChI is InChI=1S/C14H15NO/c1-16-13-6-5-9-3-2-4-10-7-11(15)8-12(13)14(9)10/h2-6,11H,7-8,15H2,1H3. The van der Waals surface area contributed by atoms with Gasteiger partial charge in [0.2, 0.25) is 0 Å². The highest BCUT2D eigenvalue weighted by Gasteiger charge is 2.20. The van der Waals surface area contributed by atoms with E-state index in [9.17, 15) is 0 Å². The van der Waals surface area contributed by atoms with E-state index in [0.29, 0.717) is 0 Å². The Morgan fingerprint density at radius 3 is 2.88 bits per heavy atom. The molecule has 0 saturated heterocycles. The molecule has 0 spiro atoms. The lowest BCUT2D eigenvalue weighted by molar-refractivity contribution is 0.408. The van der Waals surface area contributed by atoms with E-state index in [-0.39, 0.29) is 6.04 Å². The molecule has 0 amide bonds. The van der Waals surface area contributed by atoms with E-state index in [0.717, 1.165) is 18.6 Å². The molecule has 0 fully saturated rings. The summed E-state index contributed by atoms with van der Waals surface area (Å²) >= 11 is 0. The molecule has 82 valence electrons. The van der Waals surface area contributed by atoms with Crippen LogP contribution in [0, 0.1) is 0 Å². The fraction of sp³-hybridized carbons (Fsp3) is 0.286. The van der Waals surface area contributed by atoms with Crippen molar-refractivity contribution in [2.45, 2.75) is 18.9 Å². The van der Waals surface area contributed by atoms with Gasteiger partial charge in [-0.1, -0.05) is 24.3 Å². The van der Waals surface area contributed by atoms with Crippen LogP contribution in [0.4, 0.5) is 0 Å². The number of nitrogens with two attached hydrogens (primary N) is 1. The summed E-state index contributed by atoms with van der Waals surface area (Å²) in [4.78, 5) is 0. The normalized spacial score (nSPS) is 18.8. The minimum absolute atomic E-state index is 0.217. The lowest BCUT2D eigenvalue weighted by atomic mass is 9.85. The Morgan fingerprint density at radius 1 is 1.19 bits per heavy atom. The van der Waals surface area contributed by atoms with Crippen LogP contribution in [0.5, 0.6) is 5.75 Å². The minimum atomic E-state index is 0.217. The Labute approximate surface area is 95.0 Å². The van der Waals surface area contributed by atoms with Crippen LogP contribution in [0.3, 0.4) is 0 Å². The fourth-order valence-electron chi connectivity index (χ4n) is 2.70. The zero-order valence-electron chi connectivity index (χ0n) is 9.36. The molecule has 2 heteroatoms. The monoisotopic (exact) mass is 213 g/mol. The molecule has 1 atom stereocenters. The van der Waals surface area contributed by atoms with Gasteiger partial charge >= 0.3 is 0 Å². The van der Waals surface area contributed by atoms with Gasteiger partial charge in [-0.25, -0.2) is 0 Å². The van der Waals surface area contributed by atoms with Gasteiger partial charge < -0.3 is 10.5 Å². The third-order valence-electron chi connectivity index (χ3n) is 3.36. The smallest absolute Gasteiger partial charge is 0.122 e. The quantitative estimate of drug-likeness (QED) is 0.788. The number of methoxy groups -OCH3 is 1. The number of benzene rings is 2. The second-order valence-corrected chi connectivity index (χ2v) is 4.43. The Morgan fingerprint density at radius 2 is 2.06 bits per heavy atom. The van der Waals surface area contributed by atoms with Crippen LogP contribution in [0.1, 0.15) is 11.1 Å². The van der Waals surface area contributed by atoms with E-state index in [2.05, 4.69) is 24.3 Å². The Balaban J connectivity index is 2.38. The maximum atomic E-state index is 6.09. The zero-order valence-corrected chi connectivity index (χ0v) is 9.36. The molecule has 2 N–H and O–H groups in total. The lowest BCUT2D eigenvalue weighted by Crippen LogP contribution is -2.28. The van der Waals surface area contributed by atoms with Gasteiger partial charge in [0.15, 0.2) is 0 Å². The molecule has 16 heavy (non-hydrogen) atoms. The van der Waals surface area contributed by atoms with E-state index in [4.69, 9.17) is 10.5 Å². The Kier molecular flexibility index (Phi) is 2.11.